The molecule has 1 heterocycles. The van der Waals surface area contributed by atoms with Crippen molar-refractivity contribution in [2.24, 2.45) is 5.73 Å². The lowest BCUT2D eigenvalue weighted by Crippen LogP contribution is -2.39. The van der Waals surface area contributed by atoms with Crippen molar-refractivity contribution < 1.29 is 14.8 Å². The van der Waals surface area contributed by atoms with Crippen LogP contribution in [0.1, 0.15) is 0 Å². The first-order chi connectivity index (χ1) is 10.1. The van der Waals surface area contributed by atoms with Gasteiger partial charge in [-0.25, -0.2) is 9.86 Å². The molecule has 1 aromatic rings. The molecular weight excluding hydrogens is 292 g/mol. The lowest BCUT2D eigenvalue weighted by Gasteiger charge is -2.16. The van der Waals surface area contributed by atoms with Gasteiger partial charge in [-0.3, -0.25) is 10.0 Å². The van der Waals surface area contributed by atoms with Gasteiger partial charge in [0.1, 0.15) is 0 Å². The van der Waals surface area contributed by atoms with E-state index in [0.717, 1.165) is 5.69 Å². The summed E-state index contributed by atoms with van der Waals surface area (Å²) < 4.78 is 2.00. The Labute approximate surface area is 126 Å². The Morgan fingerprint density at radius 2 is 2.10 bits per heavy atom. The number of nitrogens with zero attached hydrogens (tertiary/aromatic N) is 2. The van der Waals surface area contributed by atoms with E-state index in [4.69, 9.17) is 10.9 Å². The van der Waals surface area contributed by atoms with E-state index in [1.807, 2.05) is 34.6 Å². The Bertz CT molecular complexity index is 550. The largest absolute Gasteiger partial charge is 0.350 e. The van der Waals surface area contributed by atoms with E-state index in [1.165, 1.54) is 11.9 Å². The average molecular weight is 308 g/mol. The van der Waals surface area contributed by atoms with Crippen LogP contribution in [0.15, 0.2) is 41.3 Å². The van der Waals surface area contributed by atoms with Gasteiger partial charge in [0.2, 0.25) is 5.91 Å². The summed E-state index contributed by atoms with van der Waals surface area (Å²) in [5.41, 5.74) is 6.52. The topological polar surface area (TPSA) is 98.9 Å². The first-order valence-electron chi connectivity index (χ1n) is 6.30. The van der Waals surface area contributed by atoms with E-state index in [1.54, 1.807) is 5.41 Å². The molecule has 7 nitrogen and oxygen atoms in total. The van der Waals surface area contributed by atoms with Gasteiger partial charge in [0.05, 0.1) is 13.1 Å². The van der Waals surface area contributed by atoms with Crippen LogP contribution in [0.3, 0.4) is 0 Å². The summed E-state index contributed by atoms with van der Waals surface area (Å²) >= 11 is 1.45. The monoisotopic (exact) mass is 308 g/mol. The Morgan fingerprint density at radius 1 is 1.38 bits per heavy atom. The molecule has 1 aromatic carbocycles. The zero-order chi connectivity index (χ0) is 15.2. The fraction of sp³-hybridized carbons (Fsp3) is 0.231. The van der Waals surface area contributed by atoms with Crippen LogP contribution in [0, 0.1) is 0 Å². The molecule has 0 saturated carbocycles. The molecule has 0 saturated heterocycles. The second kappa shape index (κ2) is 7.00. The van der Waals surface area contributed by atoms with Crippen LogP contribution in [0.2, 0.25) is 0 Å². The number of carbonyl (C=O) groups is 2. The summed E-state index contributed by atoms with van der Waals surface area (Å²) in [6, 6.07) is 8.80. The summed E-state index contributed by atoms with van der Waals surface area (Å²) in [5.74, 6) is -0.223. The van der Waals surface area contributed by atoms with Crippen molar-refractivity contribution in [1.29, 1.82) is 0 Å². The molecule has 4 N–H and O–H groups in total. The molecule has 0 fully saturated rings. The van der Waals surface area contributed by atoms with Gasteiger partial charge in [-0.15, -0.1) is 0 Å². The summed E-state index contributed by atoms with van der Waals surface area (Å²) in [6.07, 6.45) is 0. The Morgan fingerprint density at radius 3 is 2.76 bits per heavy atom. The Kier molecular flexibility index (Phi) is 5.07. The molecule has 0 spiro atoms. The van der Waals surface area contributed by atoms with E-state index >= 15 is 0 Å². The Hall–Kier alpha value is -2.19. The summed E-state index contributed by atoms with van der Waals surface area (Å²) in [5, 5.41) is 13.8. The van der Waals surface area contributed by atoms with Crippen molar-refractivity contribution in [2.75, 3.05) is 23.9 Å². The summed E-state index contributed by atoms with van der Waals surface area (Å²) in [7, 11) is 0. The minimum atomic E-state index is -0.949. The predicted molar refractivity (Wildman–Crippen MR) is 80.5 cm³/mol. The standard InChI is InChI=1S/C13H16N4O3S/c14-13(19)16(20)7-6-15-12(18)10-8-17(21-9-10)11-4-2-1-3-5-11/h1-5,9,20H,6-8H2,(H2,14,19)(H,15,18). The summed E-state index contributed by atoms with van der Waals surface area (Å²) in [6.45, 7) is 0.578. The number of nitrogens with two attached hydrogens (primary N) is 1. The van der Waals surface area contributed by atoms with E-state index in [-0.39, 0.29) is 19.0 Å². The number of amides is 3. The van der Waals surface area contributed by atoms with Crippen LogP contribution < -0.4 is 15.4 Å². The minimum Gasteiger partial charge on any atom is -0.350 e. The van der Waals surface area contributed by atoms with Crippen LogP contribution in [-0.2, 0) is 4.79 Å². The maximum absolute atomic E-state index is 11.9. The third-order valence-corrected chi connectivity index (χ3v) is 3.82. The third-order valence-electron chi connectivity index (χ3n) is 2.84. The molecule has 0 bridgehead atoms. The fourth-order valence-corrected chi connectivity index (χ4v) is 2.62. The van der Waals surface area contributed by atoms with Gasteiger partial charge in [0, 0.05) is 23.2 Å². The van der Waals surface area contributed by atoms with Gasteiger partial charge in [-0.1, -0.05) is 18.2 Å². The van der Waals surface area contributed by atoms with Crippen molar-refractivity contribution in [3.8, 4) is 0 Å². The lowest BCUT2D eigenvalue weighted by atomic mass is 10.2. The fourth-order valence-electron chi connectivity index (χ4n) is 1.73. The molecule has 0 unspecified atom stereocenters. The number of hydroxylamine groups is 2. The normalized spacial score (nSPS) is 13.8. The molecule has 3 amide bonds. The zero-order valence-corrected chi connectivity index (χ0v) is 12.0. The van der Waals surface area contributed by atoms with Crippen LogP contribution in [0.5, 0.6) is 0 Å². The molecule has 0 atom stereocenters. The quantitative estimate of drug-likeness (QED) is 0.427. The number of hydrogen-bond acceptors (Lipinski definition) is 5. The molecule has 8 heteroatoms. The number of nitrogens with one attached hydrogen (secondary N) is 1. The Balaban J connectivity index is 1.79. The lowest BCUT2D eigenvalue weighted by molar-refractivity contribution is -0.117. The molecule has 112 valence electrons. The van der Waals surface area contributed by atoms with Gasteiger partial charge < -0.3 is 15.4 Å². The molecule has 2 rings (SSSR count). The number of hydrogen-bond donors (Lipinski definition) is 3. The van der Waals surface area contributed by atoms with E-state index in [9.17, 15) is 9.59 Å². The van der Waals surface area contributed by atoms with E-state index in [0.29, 0.717) is 17.2 Å². The average Bonchev–Trinajstić information content (AvgIpc) is 2.97. The van der Waals surface area contributed by atoms with Gasteiger partial charge >= 0.3 is 6.03 Å². The number of benzene rings is 1. The zero-order valence-electron chi connectivity index (χ0n) is 11.2. The van der Waals surface area contributed by atoms with Gasteiger partial charge in [0.25, 0.3) is 0 Å². The van der Waals surface area contributed by atoms with Crippen molar-refractivity contribution >= 4 is 29.6 Å². The second-order valence-corrected chi connectivity index (χ2v) is 5.23. The van der Waals surface area contributed by atoms with E-state index in [2.05, 4.69) is 5.32 Å². The van der Waals surface area contributed by atoms with Crippen molar-refractivity contribution in [3.05, 3.63) is 41.3 Å². The molecule has 1 aliphatic heterocycles. The van der Waals surface area contributed by atoms with Gasteiger partial charge in [-0.05, 0) is 24.1 Å². The number of carbonyl (C=O) groups excluding carboxylic acids is 2. The van der Waals surface area contributed by atoms with Crippen LogP contribution in [0.4, 0.5) is 10.5 Å². The maximum Gasteiger partial charge on any atom is 0.338 e. The first kappa shape index (κ1) is 15.2. The van der Waals surface area contributed by atoms with Crippen LogP contribution in [-0.4, -0.2) is 41.8 Å². The van der Waals surface area contributed by atoms with Crippen molar-refractivity contribution in [1.82, 2.24) is 10.4 Å². The number of anilines is 1. The highest BCUT2D eigenvalue weighted by molar-refractivity contribution is 8.03. The van der Waals surface area contributed by atoms with Crippen molar-refractivity contribution in [3.63, 3.8) is 0 Å². The summed E-state index contributed by atoms with van der Waals surface area (Å²) in [4.78, 5) is 22.5. The molecular formula is C13H16N4O3S. The molecule has 0 aliphatic carbocycles. The maximum atomic E-state index is 11.9. The highest BCUT2D eigenvalue weighted by Crippen LogP contribution is 2.30. The molecule has 21 heavy (non-hydrogen) atoms. The molecule has 0 radical (unpaired) electrons. The van der Waals surface area contributed by atoms with E-state index < -0.39 is 6.03 Å². The number of para-hydroxylation sites is 1. The minimum absolute atomic E-state index is 0.0517. The number of urea groups is 1. The SMILES string of the molecule is NC(=O)N(O)CCNC(=O)C1=CSN(c2ccccc2)C1. The van der Waals surface area contributed by atoms with Crippen LogP contribution >= 0.6 is 11.9 Å². The van der Waals surface area contributed by atoms with Crippen molar-refractivity contribution in [2.45, 2.75) is 0 Å². The number of rotatable bonds is 5. The molecule has 0 aromatic heterocycles. The predicted octanol–water partition coefficient (Wildman–Crippen LogP) is 0.925. The number of primary amides is 1. The highest BCUT2D eigenvalue weighted by Gasteiger charge is 2.21. The van der Waals surface area contributed by atoms with Gasteiger partial charge in [-0.2, -0.15) is 0 Å². The van der Waals surface area contributed by atoms with Gasteiger partial charge in [0.15, 0.2) is 0 Å². The van der Waals surface area contributed by atoms with Crippen LogP contribution in [0.25, 0.3) is 0 Å². The molecule has 1 aliphatic rings. The highest BCUT2D eigenvalue weighted by atomic mass is 32.2. The first-order valence-corrected chi connectivity index (χ1v) is 7.14. The second-order valence-electron chi connectivity index (χ2n) is 4.34. The third kappa shape index (κ3) is 4.14. The smallest absolute Gasteiger partial charge is 0.338 e.